The Morgan fingerprint density at radius 1 is 1.56 bits per heavy atom. The molecule has 16 heavy (non-hydrogen) atoms. The molecule has 0 spiro atoms. The molecule has 88 valence electrons. The SMILES string of the molecule is COc1cc([N+](=O)[O-])c(CCCN)cc1O. The van der Waals surface area contributed by atoms with Crippen molar-refractivity contribution in [2.24, 2.45) is 5.73 Å². The Labute approximate surface area is 92.8 Å². The predicted molar refractivity (Wildman–Crippen MR) is 58.7 cm³/mol. The summed E-state index contributed by atoms with van der Waals surface area (Å²) < 4.78 is 4.82. The maximum absolute atomic E-state index is 10.8. The van der Waals surface area contributed by atoms with Crippen LogP contribution in [0, 0.1) is 10.1 Å². The highest BCUT2D eigenvalue weighted by atomic mass is 16.6. The number of hydrogen-bond donors (Lipinski definition) is 2. The summed E-state index contributed by atoms with van der Waals surface area (Å²) in [6, 6.07) is 2.58. The number of methoxy groups -OCH3 is 1. The van der Waals surface area contributed by atoms with E-state index in [1.807, 2.05) is 0 Å². The summed E-state index contributed by atoms with van der Waals surface area (Å²) in [5.74, 6) is 0.00307. The molecule has 0 aliphatic carbocycles. The Kier molecular flexibility index (Phi) is 4.07. The number of aromatic hydroxyl groups is 1. The minimum atomic E-state index is -0.492. The first-order valence-electron chi connectivity index (χ1n) is 4.84. The highest BCUT2D eigenvalue weighted by Crippen LogP contribution is 2.34. The van der Waals surface area contributed by atoms with E-state index in [2.05, 4.69) is 0 Å². The summed E-state index contributed by atoms with van der Waals surface area (Å²) in [5.41, 5.74) is 5.75. The van der Waals surface area contributed by atoms with Crippen LogP contribution in [0.3, 0.4) is 0 Å². The van der Waals surface area contributed by atoms with E-state index in [0.717, 1.165) is 0 Å². The number of nitrogens with zero attached hydrogens (tertiary/aromatic N) is 1. The van der Waals surface area contributed by atoms with Crippen LogP contribution in [0.5, 0.6) is 11.5 Å². The molecule has 0 amide bonds. The van der Waals surface area contributed by atoms with Crippen molar-refractivity contribution in [2.45, 2.75) is 12.8 Å². The highest BCUT2D eigenvalue weighted by Gasteiger charge is 2.17. The van der Waals surface area contributed by atoms with Gasteiger partial charge in [0.15, 0.2) is 11.5 Å². The number of phenolic OH excluding ortho intramolecular Hbond substituents is 1. The van der Waals surface area contributed by atoms with Crippen molar-refractivity contribution in [2.75, 3.05) is 13.7 Å². The lowest BCUT2D eigenvalue weighted by Gasteiger charge is -2.07. The summed E-state index contributed by atoms with van der Waals surface area (Å²) in [4.78, 5) is 10.3. The van der Waals surface area contributed by atoms with E-state index in [9.17, 15) is 15.2 Å². The van der Waals surface area contributed by atoms with E-state index >= 15 is 0 Å². The molecule has 3 N–H and O–H groups in total. The predicted octanol–water partition coefficient (Wildman–Crippen LogP) is 1.20. The molecule has 0 heterocycles. The summed E-state index contributed by atoms with van der Waals surface area (Å²) in [5, 5.41) is 20.3. The molecule has 1 aromatic carbocycles. The third-order valence-electron chi connectivity index (χ3n) is 2.23. The third-order valence-corrected chi connectivity index (χ3v) is 2.23. The van der Waals surface area contributed by atoms with Crippen LogP contribution in [-0.4, -0.2) is 23.7 Å². The van der Waals surface area contributed by atoms with Gasteiger partial charge in [0, 0.05) is 5.56 Å². The molecule has 6 nitrogen and oxygen atoms in total. The van der Waals surface area contributed by atoms with Gasteiger partial charge in [0.05, 0.1) is 18.1 Å². The van der Waals surface area contributed by atoms with Gasteiger partial charge in [-0.1, -0.05) is 0 Å². The van der Waals surface area contributed by atoms with Crippen LogP contribution in [0.1, 0.15) is 12.0 Å². The number of hydrogen-bond acceptors (Lipinski definition) is 5. The summed E-state index contributed by atoms with van der Waals surface area (Å²) >= 11 is 0. The second kappa shape index (κ2) is 5.32. The number of rotatable bonds is 5. The quantitative estimate of drug-likeness (QED) is 0.580. The topological polar surface area (TPSA) is 98.6 Å². The number of aryl methyl sites for hydroxylation is 1. The third kappa shape index (κ3) is 2.60. The summed E-state index contributed by atoms with van der Waals surface area (Å²) in [7, 11) is 1.35. The second-order valence-electron chi connectivity index (χ2n) is 3.30. The standard InChI is InChI=1S/C10H14N2O4/c1-16-10-6-8(12(14)15)7(3-2-4-11)5-9(10)13/h5-6,13H,2-4,11H2,1H3. The lowest BCUT2D eigenvalue weighted by molar-refractivity contribution is -0.385. The first-order valence-corrected chi connectivity index (χ1v) is 4.84. The van der Waals surface area contributed by atoms with E-state index in [-0.39, 0.29) is 17.2 Å². The van der Waals surface area contributed by atoms with Crippen molar-refractivity contribution in [3.8, 4) is 11.5 Å². The van der Waals surface area contributed by atoms with Gasteiger partial charge < -0.3 is 15.6 Å². The molecule has 1 aromatic rings. The fourth-order valence-electron chi connectivity index (χ4n) is 1.43. The lowest BCUT2D eigenvalue weighted by Crippen LogP contribution is -2.03. The zero-order valence-electron chi connectivity index (χ0n) is 8.97. The fraction of sp³-hybridized carbons (Fsp3) is 0.400. The van der Waals surface area contributed by atoms with Gasteiger partial charge in [-0.05, 0) is 25.5 Å². The summed E-state index contributed by atoms with van der Waals surface area (Å²) in [6.07, 6.45) is 1.09. The smallest absolute Gasteiger partial charge is 0.276 e. The highest BCUT2D eigenvalue weighted by molar-refractivity contribution is 5.53. The first kappa shape index (κ1) is 12.3. The fourth-order valence-corrected chi connectivity index (χ4v) is 1.43. The molecule has 0 unspecified atom stereocenters. The lowest BCUT2D eigenvalue weighted by atomic mass is 10.1. The Morgan fingerprint density at radius 2 is 2.25 bits per heavy atom. The number of ether oxygens (including phenoxy) is 1. The van der Waals surface area contributed by atoms with E-state index in [0.29, 0.717) is 24.9 Å². The Hall–Kier alpha value is -1.82. The Morgan fingerprint density at radius 3 is 2.75 bits per heavy atom. The molecule has 1 rings (SSSR count). The van der Waals surface area contributed by atoms with Crippen molar-refractivity contribution < 1.29 is 14.8 Å². The van der Waals surface area contributed by atoms with Gasteiger partial charge in [0.25, 0.3) is 5.69 Å². The largest absolute Gasteiger partial charge is 0.504 e. The van der Waals surface area contributed by atoms with Gasteiger partial charge in [0.2, 0.25) is 0 Å². The number of benzene rings is 1. The van der Waals surface area contributed by atoms with E-state index < -0.39 is 4.92 Å². The Balaban J connectivity index is 3.14. The number of nitro groups is 1. The molecular formula is C10H14N2O4. The van der Waals surface area contributed by atoms with Crippen molar-refractivity contribution in [3.05, 3.63) is 27.8 Å². The molecule has 0 aliphatic rings. The first-order chi connectivity index (χ1) is 7.60. The minimum absolute atomic E-state index is 0.0527. The van der Waals surface area contributed by atoms with Crippen LogP contribution in [0.15, 0.2) is 12.1 Å². The minimum Gasteiger partial charge on any atom is -0.504 e. The molecule has 6 heteroatoms. The maximum Gasteiger partial charge on any atom is 0.276 e. The van der Waals surface area contributed by atoms with Gasteiger partial charge in [-0.15, -0.1) is 0 Å². The van der Waals surface area contributed by atoms with Crippen LogP contribution in [0.25, 0.3) is 0 Å². The van der Waals surface area contributed by atoms with Crippen LogP contribution < -0.4 is 10.5 Å². The van der Waals surface area contributed by atoms with E-state index in [4.69, 9.17) is 10.5 Å². The number of nitrogens with two attached hydrogens (primary N) is 1. The van der Waals surface area contributed by atoms with E-state index in [1.54, 1.807) is 0 Å². The van der Waals surface area contributed by atoms with Crippen molar-refractivity contribution in [1.82, 2.24) is 0 Å². The number of nitro benzene ring substituents is 1. The average Bonchev–Trinajstić information content (AvgIpc) is 2.25. The molecular weight excluding hydrogens is 212 g/mol. The van der Waals surface area contributed by atoms with Crippen molar-refractivity contribution in [3.63, 3.8) is 0 Å². The number of phenols is 1. The second-order valence-corrected chi connectivity index (χ2v) is 3.30. The van der Waals surface area contributed by atoms with Crippen molar-refractivity contribution >= 4 is 5.69 Å². The Bertz CT molecular complexity index is 393. The molecule has 0 saturated heterocycles. The van der Waals surface area contributed by atoms with Gasteiger partial charge in [-0.2, -0.15) is 0 Å². The molecule has 0 atom stereocenters. The summed E-state index contributed by atoms with van der Waals surface area (Å²) in [6.45, 7) is 0.448. The van der Waals surface area contributed by atoms with Crippen LogP contribution in [0.4, 0.5) is 5.69 Å². The van der Waals surface area contributed by atoms with E-state index in [1.165, 1.54) is 19.2 Å². The van der Waals surface area contributed by atoms with Gasteiger partial charge in [-0.3, -0.25) is 10.1 Å². The zero-order chi connectivity index (χ0) is 12.1. The average molecular weight is 226 g/mol. The van der Waals surface area contributed by atoms with Crippen molar-refractivity contribution in [1.29, 1.82) is 0 Å². The van der Waals surface area contributed by atoms with Crippen LogP contribution >= 0.6 is 0 Å². The monoisotopic (exact) mass is 226 g/mol. The molecule has 0 aliphatic heterocycles. The molecule has 0 fully saturated rings. The molecule has 0 aromatic heterocycles. The van der Waals surface area contributed by atoms with Gasteiger partial charge in [0.1, 0.15) is 0 Å². The van der Waals surface area contributed by atoms with Gasteiger partial charge in [-0.25, -0.2) is 0 Å². The molecule has 0 bridgehead atoms. The van der Waals surface area contributed by atoms with Crippen LogP contribution in [0.2, 0.25) is 0 Å². The molecule has 0 radical (unpaired) electrons. The van der Waals surface area contributed by atoms with Crippen LogP contribution in [-0.2, 0) is 6.42 Å². The molecule has 0 saturated carbocycles. The normalized spacial score (nSPS) is 10.1. The van der Waals surface area contributed by atoms with Gasteiger partial charge >= 0.3 is 0 Å². The zero-order valence-corrected chi connectivity index (χ0v) is 8.97. The maximum atomic E-state index is 10.8.